The molecule has 4 N–H and O–H groups in total. The van der Waals surface area contributed by atoms with Gasteiger partial charge in [0, 0.05) is 27.7 Å². The third-order valence-corrected chi connectivity index (χ3v) is 8.31. The van der Waals surface area contributed by atoms with Crippen molar-refractivity contribution in [3.05, 3.63) is 27.3 Å². The SMILES string of the molecule is Cc1ccc(CNc2nsnc2Nc2csc(SN3CCCC3CO)c2O)s1. The fourth-order valence-corrected chi connectivity index (χ4v) is 6.46. The molecule has 11 heteroatoms. The van der Waals surface area contributed by atoms with Crippen LogP contribution >= 0.6 is 46.3 Å². The number of hydrogen-bond donors (Lipinski definition) is 4. The van der Waals surface area contributed by atoms with Crippen LogP contribution in [0.2, 0.25) is 0 Å². The zero-order valence-corrected chi connectivity index (χ0v) is 18.5. The molecule has 1 atom stereocenters. The Kier molecular flexibility index (Phi) is 6.38. The van der Waals surface area contributed by atoms with E-state index in [0.717, 1.165) is 35.3 Å². The number of hydrogen-bond acceptors (Lipinski definition) is 11. The molecule has 3 aromatic heterocycles. The summed E-state index contributed by atoms with van der Waals surface area (Å²) in [6.45, 7) is 3.84. The lowest BCUT2D eigenvalue weighted by atomic mass is 10.2. The van der Waals surface area contributed by atoms with Crippen LogP contribution < -0.4 is 10.6 Å². The minimum atomic E-state index is 0.146. The lowest BCUT2D eigenvalue weighted by Crippen LogP contribution is -2.25. The molecule has 0 radical (unpaired) electrons. The van der Waals surface area contributed by atoms with Crippen LogP contribution in [0.15, 0.2) is 21.7 Å². The second kappa shape index (κ2) is 8.97. The molecule has 3 aromatic rings. The molecule has 0 bridgehead atoms. The zero-order chi connectivity index (χ0) is 19.5. The van der Waals surface area contributed by atoms with Gasteiger partial charge in [-0.25, -0.2) is 4.31 Å². The first kappa shape index (κ1) is 19.9. The van der Waals surface area contributed by atoms with Crippen molar-refractivity contribution in [2.75, 3.05) is 23.8 Å². The van der Waals surface area contributed by atoms with E-state index >= 15 is 0 Å². The van der Waals surface area contributed by atoms with Crippen LogP contribution in [-0.2, 0) is 6.54 Å². The lowest BCUT2D eigenvalue weighted by Gasteiger charge is -2.20. The van der Waals surface area contributed by atoms with Crippen molar-refractivity contribution in [2.45, 2.75) is 36.6 Å². The largest absolute Gasteiger partial charge is 0.504 e. The third-order valence-electron chi connectivity index (χ3n) is 4.43. The highest BCUT2D eigenvalue weighted by molar-refractivity contribution is 7.99. The van der Waals surface area contributed by atoms with E-state index in [1.807, 2.05) is 5.38 Å². The lowest BCUT2D eigenvalue weighted by molar-refractivity contribution is 0.221. The Hall–Kier alpha value is -1.37. The monoisotopic (exact) mass is 455 g/mol. The van der Waals surface area contributed by atoms with Crippen LogP contribution in [0.4, 0.5) is 17.3 Å². The maximum atomic E-state index is 10.6. The number of aryl methyl sites for hydroxylation is 1. The minimum absolute atomic E-state index is 0.146. The number of rotatable bonds is 8. The second-order valence-electron chi connectivity index (χ2n) is 6.45. The molecule has 28 heavy (non-hydrogen) atoms. The molecule has 0 amide bonds. The predicted molar refractivity (Wildman–Crippen MR) is 118 cm³/mol. The second-order valence-corrected chi connectivity index (χ2v) is 10.5. The molecule has 0 saturated carbocycles. The van der Waals surface area contributed by atoms with Gasteiger partial charge in [-0.2, -0.15) is 8.75 Å². The Morgan fingerprint density at radius 2 is 2.18 bits per heavy atom. The van der Waals surface area contributed by atoms with Crippen LogP contribution in [-0.4, -0.2) is 42.5 Å². The van der Waals surface area contributed by atoms with Gasteiger partial charge in [0.25, 0.3) is 0 Å². The fourth-order valence-electron chi connectivity index (χ4n) is 2.97. The van der Waals surface area contributed by atoms with Crippen LogP contribution in [0.25, 0.3) is 0 Å². The minimum Gasteiger partial charge on any atom is -0.504 e. The van der Waals surface area contributed by atoms with Gasteiger partial charge in [-0.05, 0) is 43.8 Å². The number of aromatic nitrogens is 2. The van der Waals surface area contributed by atoms with Crippen LogP contribution in [0.3, 0.4) is 0 Å². The van der Waals surface area contributed by atoms with Crippen molar-refractivity contribution in [3.8, 4) is 5.75 Å². The molecule has 1 unspecified atom stereocenters. The van der Waals surface area contributed by atoms with Gasteiger partial charge in [0.05, 0.1) is 30.6 Å². The van der Waals surface area contributed by atoms with Crippen LogP contribution in [0, 0.1) is 6.92 Å². The molecule has 4 heterocycles. The number of aliphatic hydroxyl groups excluding tert-OH is 1. The summed E-state index contributed by atoms with van der Waals surface area (Å²) in [5.41, 5.74) is 0.620. The Bertz CT molecular complexity index is 924. The van der Waals surface area contributed by atoms with Gasteiger partial charge in [0.1, 0.15) is 4.21 Å². The van der Waals surface area contributed by atoms with Gasteiger partial charge >= 0.3 is 0 Å². The summed E-state index contributed by atoms with van der Waals surface area (Å²) in [6.07, 6.45) is 2.06. The summed E-state index contributed by atoms with van der Waals surface area (Å²) in [5, 5.41) is 28.5. The van der Waals surface area contributed by atoms with Crippen molar-refractivity contribution in [1.29, 1.82) is 0 Å². The average Bonchev–Trinajstić information content (AvgIpc) is 3.46. The van der Waals surface area contributed by atoms with Gasteiger partial charge < -0.3 is 20.8 Å². The Labute approximate surface area is 179 Å². The topological polar surface area (TPSA) is 93.5 Å². The fraction of sp³-hybridized carbons (Fsp3) is 0.412. The number of nitrogens with zero attached hydrogens (tertiary/aromatic N) is 3. The van der Waals surface area contributed by atoms with Gasteiger partial charge in [0.15, 0.2) is 17.4 Å². The molecule has 1 fully saturated rings. The molecular formula is C17H21N5O2S4. The maximum Gasteiger partial charge on any atom is 0.188 e. The number of aliphatic hydroxyl groups is 1. The summed E-state index contributed by atoms with van der Waals surface area (Å²) < 4.78 is 11.6. The van der Waals surface area contributed by atoms with Crippen molar-refractivity contribution < 1.29 is 10.2 Å². The van der Waals surface area contributed by atoms with E-state index in [1.54, 1.807) is 11.3 Å². The first-order chi connectivity index (χ1) is 13.6. The van der Waals surface area contributed by atoms with Crippen LogP contribution in [0.1, 0.15) is 22.6 Å². The van der Waals surface area contributed by atoms with E-state index in [-0.39, 0.29) is 18.4 Å². The van der Waals surface area contributed by atoms with E-state index < -0.39 is 0 Å². The molecule has 150 valence electrons. The normalized spacial score (nSPS) is 17.3. The molecule has 1 aliphatic heterocycles. The van der Waals surface area contributed by atoms with E-state index in [1.165, 1.54) is 33.0 Å². The van der Waals surface area contributed by atoms with E-state index in [0.29, 0.717) is 23.9 Å². The summed E-state index contributed by atoms with van der Waals surface area (Å²) in [5.74, 6) is 1.50. The summed E-state index contributed by atoms with van der Waals surface area (Å²) in [6, 6.07) is 4.36. The molecule has 1 aliphatic rings. The summed E-state index contributed by atoms with van der Waals surface area (Å²) >= 11 is 5.87. The first-order valence-corrected chi connectivity index (χ1v) is 12.1. The maximum absolute atomic E-state index is 10.6. The highest BCUT2D eigenvalue weighted by Gasteiger charge is 2.27. The summed E-state index contributed by atoms with van der Waals surface area (Å²) in [7, 11) is 0. The van der Waals surface area contributed by atoms with Crippen LogP contribution in [0.5, 0.6) is 5.75 Å². The van der Waals surface area contributed by atoms with E-state index in [2.05, 4.69) is 42.7 Å². The van der Waals surface area contributed by atoms with Crippen molar-refractivity contribution in [1.82, 2.24) is 13.1 Å². The molecule has 1 saturated heterocycles. The van der Waals surface area contributed by atoms with Gasteiger partial charge in [0.2, 0.25) is 0 Å². The van der Waals surface area contributed by atoms with Gasteiger partial charge in [-0.3, -0.25) is 0 Å². The summed E-state index contributed by atoms with van der Waals surface area (Å²) in [4.78, 5) is 2.51. The standard InChI is InChI=1S/C17H21N5O2S4/c1-10-4-5-12(26-10)7-18-15-16(21-28-20-15)19-13-9-25-17(14(13)24)27-22-6-2-3-11(22)8-23/h4-5,9,11,23-24H,2-3,6-8H2,1H3,(H,18,20)(H,19,21). The van der Waals surface area contributed by atoms with E-state index in [4.69, 9.17) is 0 Å². The van der Waals surface area contributed by atoms with Crippen molar-refractivity contribution in [3.63, 3.8) is 0 Å². The van der Waals surface area contributed by atoms with Crippen molar-refractivity contribution >= 4 is 63.7 Å². The number of nitrogens with one attached hydrogen (secondary N) is 2. The Morgan fingerprint density at radius 1 is 1.32 bits per heavy atom. The quantitative estimate of drug-likeness (QED) is 0.369. The third kappa shape index (κ3) is 4.44. The zero-order valence-electron chi connectivity index (χ0n) is 15.2. The highest BCUT2D eigenvalue weighted by Crippen LogP contribution is 2.45. The number of aromatic hydroxyl groups is 1. The molecule has 0 spiro atoms. The van der Waals surface area contributed by atoms with Gasteiger partial charge in [-0.15, -0.1) is 22.7 Å². The Balaban J connectivity index is 1.41. The average molecular weight is 456 g/mol. The molecular weight excluding hydrogens is 434 g/mol. The number of anilines is 3. The van der Waals surface area contributed by atoms with E-state index in [9.17, 15) is 10.2 Å². The molecule has 7 nitrogen and oxygen atoms in total. The predicted octanol–water partition coefficient (Wildman–Crippen LogP) is 4.49. The molecule has 4 rings (SSSR count). The smallest absolute Gasteiger partial charge is 0.188 e. The first-order valence-electron chi connectivity index (χ1n) is 8.88. The highest BCUT2D eigenvalue weighted by atomic mass is 32.2. The Morgan fingerprint density at radius 3 is 2.96 bits per heavy atom. The number of thiophene rings is 2. The van der Waals surface area contributed by atoms with Gasteiger partial charge in [-0.1, -0.05) is 0 Å². The molecule has 0 aliphatic carbocycles. The molecule has 0 aromatic carbocycles. The van der Waals surface area contributed by atoms with Crippen molar-refractivity contribution in [2.24, 2.45) is 0 Å².